The van der Waals surface area contributed by atoms with Crippen molar-refractivity contribution >= 4 is 0 Å². The van der Waals surface area contributed by atoms with Crippen molar-refractivity contribution in [3.05, 3.63) is 17.7 Å². The van der Waals surface area contributed by atoms with E-state index in [-0.39, 0.29) is 0 Å². The highest BCUT2D eigenvalue weighted by Crippen LogP contribution is 2.36. The first-order valence-electron chi connectivity index (χ1n) is 7.90. The Balaban J connectivity index is 2.17. The van der Waals surface area contributed by atoms with Crippen LogP contribution in [0.1, 0.15) is 63.4 Å². The Hall–Kier alpha value is -0.830. The zero-order valence-corrected chi connectivity index (χ0v) is 12.9. The van der Waals surface area contributed by atoms with E-state index in [0.29, 0.717) is 12.1 Å². The first-order chi connectivity index (χ1) is 9.17. The molecule has 3 heteroatoms. The second kappa shape index (κ2) is 6.56. The molecule has 0 amide bonds. The summed E-state index contributed by atoms with van der Waals surface area (Å²) in [6, 6.07) is 1.21. The number of aromatic nitrogens is 2. The van der Waals surface area contributed by atoms with Crippen molar-refractivity contribution in [1.29, 1.82) is 0 Å². The molecule has 108 valence electrons. The molecule has 0 aromatic carbocycles. The molecular formula is C16H29N3. The Morgan fingerprint density at radius 3 is 2.68 bits per heavy atom. The van der Waals surface area contributed by atoms with Crippen LogP contribution in [-0.4, -0.2) is 22.1 Å². The molecule has 1 aliphatic rings. The number of likely N-dealkylation sites (N-methyl/N-ethyl adjacent to an activating group) is 1. The second-order valence-corrected chi connectivity index (χ2v) is 6.02. The fraction of sp³-hybridized carbons (Fsp3) is 0.812. The quantitative estimate of drug-likeness (QED) is 0.879. The summed E-state index contributed by atoms with van der Waals surface area (Å²) in [5, 5.41) is 3.68. The van der Waals surface area contributed by atoms with Gasteiger partial charge in [0, 0.05) is 11.7 Å². The van der Waals surface area contributed by atoms with Gasteiger partial charge in [0.15, 0.2) is 0 Å². The molecule has 0 saturated heterocycles. The van der Waals surface area contributed by atoms with Gasteiger partial charge in [-0.2, -0.15) is 0 Å². The average Bonchev–Trinajstić information content (AvgIpc) is 2.73. The molecule has 3 unspecified atom stereocenters. The van der Waals surface area contributed by atoms with E-state index in [1.807, 2.05) is 6.33 Å². The molecule has 1 aliphatic carbocycles. The lowest BCUT2D eigenvalue weighted by Crippen LogP contribution is -2.42. The number of hydrogen-bond donors (Lipinski definition) is 1. The van der Waals surface area contributed by atoms with E-state index in [1.165, 1.54) is 43.5 Å². The molecule has 1 N–H and O–H groups in total. The van der Waals surface area contributed by atoms with Crippen LogP contribution in [0.25, 0.3) is 0 Å². The first-order valence-corrected chi connectivity index (χ1v) is 7.90. The van der Waals surface area contributed by atoms with Crippen molar-refractivity contribution in [2.75, 3.05) is 6.54 Å². The highest BCUT2D eigenvalue weighted by molar-refractivity contribution is 5.11. The minimum Gasteiger partial charge on any atom is -0.330 e. The van der Waals surface area contributed by atoms with E-state index in [4.69, 9.17) is 0 Å². The highest BCUT2D eigenvalue weighted by Gasteiger charge is 2.31. The van der Waals surface area contributed by atoms with Crippen LogP contribution in [0.5, 0.6) is 0 Å². The Labute approximate surface area is 117 Å². The average molecular weight is 263 g/mol. The number of hydrogen-bond acceptors (Lipinski definition) is 2. The lowest BCUT2D eigenvalue weighted by atomic mass is 9.80. The minimum absolute atomic E-state index is 0.589. The van der Waals surface area contributed by atoms with Crippen LogP contribution < -0.4 is 5.32 Å². The van der Waals surface area contributed by atoms with Crippen LogP contribution >= 0.6 is 0 Å². The van der Waals surface area contributed by atoms with Crippen LogP contribution in [0.2, 0.25) is 0 Å². The standard InChI is InChI=1S/C16H29N3/c1-5-7-14-8-9-15(17-6-2)16(10-14)19-11-18-12(3)13(19)4/h11,14-17H,5-10H2,1-4H3. The molecular weight excluding hydrogens is 234 g/mol. The molecule has 3 nitrogen and oxygen atoms in total. The van der Waals surface area contributed by atoms with Gasteiger partial charge in [-0.25, -0.2) is 4.98 Å². The fourth-order valence-electron chi connectivity index (χ4n) is 3.56. The Bertz CT molecular complexity index is 397. The van der Waals surface area contributed by atoms with Crippen molar-refractivity contribution < 1.29 is 0 Å². The molecule has 1 heterocycles. The summed E-state index contributed by atoms with van der Waals surface area (Å²) in [4.78, 5) is 4.49. The van der Waals surface area contributed by atoms with Gasteiger partial charge in [-0.3, -0.25) is 0 Å². The third kappa shape index (κ3) is 3.19. The summed E-state index contributed by atoms with van der Waals surface area (Å²) >= 11 is 0. The van der Waals surface area contributed by atoms with Crippen LogP contribution in [0.4, 0.5) is 0 Å². The molecule has 0 spiro atoms. The van der Waals surface area contributed by atoms with E-state index < -0.39 is 0 Å². The summed E-state index contributed by atoms with van der Waals surface area (Å²) in [5.41, 5.74) is 2.51. The maximum absolute atomic E-state index is 4.49. The molecule has 2 rings (SSSR count). The van der Waals surface area contributed by atoms with Crippen molar-refractivity contribution in [3.63, 3.8) is 0 Å². The van der Waals surface area contributed by atoms with Crippen LogP contribution in [0, 0.1) is 19.8 Å². The largest absolute Gasteiger partial charge is 0.330 e. The molecule has 0 aliphatic heterocycles. The van der Waals surface area contributed by atoms with Gasteiger partial charge >= 0.3 is 0 Å². The summed E-state index contributed by atoms with van der Waals surface area (Å²) in [5.74, 6) is 0.895. The van der Waals surface area contributed by atoms with Gasteiger partial charge in [-0.05, 0) is 45.6 Å². The zero-order chi connectivity index (χ0) is 13.8. The molecule has 3 atom stereocenters. The number of rotatable bonds is 5. The highest BCUT2D eigenvalue weighted by atomic mass is 15.1. The van der Waals surface area contributed by atoms with E-state index in [9.17, 15) is 0 Å². The second-order valence-electron chi connectivity index (χ2n) is 6.02. The van der Waals surface area contributed by atoms with E-state index in [0.717, 1.165) is 12.5 Å². The summed E-state index contributed by atoms with van der Waals surface area (Å²) in [6.45, 7) is 9.89. The Morgan fingerprint density at radius 1 is 1.32 bits per heavy atom. The van der Waals surface area contributed by atoms with Gasteiger partial charge in [0.1, 0.15) is 0 Å². The third-order valence-electron chi connectivity index (χ3n) is 4.73. The normalized spacial score (nSPS) is 27.7. The van der Waals surface area contributed by atoms with Gasteiger partial charge in [0.05, 0.1) is 18.1 Å². The van der Waals surface area contributed by atoms with Gasteiger partial charge in [0.2, 0.25) is 0 Å². The number of nitrogens with zero attached hydrogens (tertiary/aromatic N) is 2. The molecule has 1 aromatic heterocycles. The van der Waals surface area contributed by atoms with E-state index >= 15 is 0 Å². The maximum Gasteiger partial charge on any atom is 0.0954 e. The molecule has 1 saturated carbocycles. The lowest BCUT2D eigenvalue weighted by molar-refractivity contribution is 0.197. The summed E-state index contributed by atoms with van der Waals surface area (Å²) in [6.07, 6.45) is 8.73. The van der Waals surface area contributed by atoms with E-state index in [1.54, 1.807) is 0 Å². The van der Waals surface area contributed by atoms with Gasteiger partial charge < -0.3 is 9.88 Å². The molecule has 1 aromatic rings. The van der Waals surface area contributed by atoms with Crippen molar-refractivity contribution in [1.82, 2.24) is 14.9 Å². The molecule has 1 fully saturated rings. The molecule has 19 heavy (non-hydrogen) atoms. The fourth-order valence-corrected chi connectivity index (χ4v) is 3.56. The molecule has 0 radical (unpaired) electrons. The number of imidazole rings is 1. The topological polar surface area (TPSA) is 29.9 Å². The van der Waals surface area contributed by atoms with Crippen LogP contribution in [0.3, 0.4) is 0 Å². The van der Waals surface area contributed by atoms with Gasteiger partial charge in [0.25, 0.3) is 0 Å². The SMILES string of the molecule is CCCC1CCC(NCC)C(n2cnc(C)c2C)C1. The smallest absolute Gasteiger partial charge is 0.0954 e. The maximum atomic E-state index is 4.49. The predicted molar refractivity (Wildman–Crippen MR) is 80.5 cm³/mol. The summed E-state index contributed by atoms with van der Waals surface area (Å²) in [7, 11) is 0. The minimum atomic E-state index is 0.589. The van der Waals surface area contributed by atoms with Crippen molar-refractivity contribution in [2.45, 2.75) is 71.9 Å². The Morgan fingerprint density at radius 2 is 2.11 bits per heavy atom. The van der Waals surface area contributed by atoms with Crippen molar-refractivity contribution in [3.8, 4) is 0 Å². The monoisotopic (exact) mass is 263 g/mol. The first kappa shape index (κ1) is 14.6. The zero-order valence-electron chi connectivity index (χ0n) is 12.9. The third-order valence-corrected chi connectivity index (χ3v) is 4.73. The van der Waals surface area contributed by atoms with Gasteiger partial charge in [-0.15, -0.1) is 0 Å². The molecule has 0 bridgehead atoms. The van der Waals surface area contributed by atoms with Crippen molar-refractivity contribution in [2.24, 2.45) is 5.92 Å². The lowest BCUT2D eigenvalue weighted by Gasteiger charge is -2.38. The van der Waals surface area contributed by atoms with Gasteiger partial charge in [-0.1, -0.05) is 26.7 Å². The van der Waals surface area contributed by atoms with Crippen LogP contribution in [-0.2, 0) is 0 Å². The predicted octanol–water partition coefficient (Wildman–Crippen LogP) is 3.62. The summed E-state index contributed by atoms with van der Waals surface area (Å²) < 4.78 is 2.42. The van der Waals surface area contributed by atoms with Crippen LogP contribution in [0.15, 0.2) is 6.33 Å². The number of nitrogens with one attached hydrogen (secondary N) is 1. The number of aryl methyl sites for hydroxylation is 1. The Kier molecular flexibility index (Phi) is 5.03. The van der Waals surface area contributed by atoms with E-state index in [2.05, 4.69) is 42.6 Å².